The lowest BCUT2D eigenvalue weighted by Gasteiger charge is -2.32. The Bertz CT molecular complexity index is 879. The first-order chi connectivity index (χ1) is 14.1. The highest BCUT2D eigenvalue weighted by atomic mass is 16.5. The molecule has 2 N–H and O–H groups in total. The van der Waals surface area contributed by atoms with Gasteiger partial charge in [-0.15, -0.1) is 0 Å². The number of ether oxygens (including phenoxy) is 1. The predicted octanol–water partition coefficient (Wildman–Crippen LogP) is 3.18. The number of likely N-dealkylation sites (tertiary alicyclic amines) is 1. The fourth-order valence-electron chi connectivity index (χ4n) is 3.95. The molecule has 0 spiro atoms. The van der Waals surface area contributed by atoms with Crippen LogP contribution >= 0.6 is 0 Å². The second-order valence-corrected chi connectivity index (χ2v) is 8.07. The molecule has 6 heteroatoms. The van der Waals surface area contributed by atoms with Crippen LogP contribution in [0.4, 0.5) is 11.5 Å². The van der Waals surface area contributed by atoms with E-state index < -0.39 is 0 Å². The molecule has 0 amide bonds. The summed E-state index contributed by atoms with van der Waals surface area (Å²) in [5.41, 5.74) is 10.5. The summed E-state index contributed by atoms with van der Waals surface area (Å²) in [5, 5.41) is 0. The number of hydrogen-bond acceptors (Lipinski definition) is 6. The van der Waals surface area contributed by atoms with Crippen molar-refractivity contribution in [3.05, 3.63) is 47.0 Å². The van der Waals surface area contributed by atoms with Gasteiger partial charge in [-0.05, 0) is 37.1 Å². The number of benzene rings is 1. The lowest BCUT2D eigenvalue weighted by Crippen LogP contribution is -2.36. The average Bonchev–Trinajstić information content (AvgIpc) is 2.66. The van der Waals surface area contributed by atoms with E-state index in [0.717, 1.165) is 30.6 Å². The first kappa shape index (κ1) is 19.7. The summed E-state index contributed by atoms with van der Waals surface area (Å²) in [5.74, 6) is 1.11. The Kier molecular flexibility index (Phi) is 6.00. The van der Waals surface area contributed by atoms with E-state index in [2.05, 4.69) is 46.0 Å². The molecule has 1 fully saturated rings. The summed E-state index contributed by atoms with van der Waals surface area (Å²) >= 11 is 0. The molecular formula is C23H30N4O2. The third-order valence-corrected chi connectivity index (χ3v) is 5.66. The third kappa shape index (κ3) is 4.70. The molecule has 6 nitrogen and oxygen atoms in total. The fourth-order valence-corrected chi connectivity index (χ4v) is 3.95. The van der Waals surface area contributed by atoms with Gasteiger partial charge in [0.1, 0.15) is 5.82 Å². The summed E-state index contributed by atoms with van der Waals surface area (Å²) in [6.45, 7) is 7.18. The van der Waals surface area contributed by atoms with Gasteiger partial charge in [0.05, 0.1) is 18.8 Å². The van der Waals surface area contributed by atoms with Crippen molar-refractivity contribution in [1.82, 2.24) is 9.88 Å². The summed E-state index contributed by atoms with van der Waals surface area (Å²) < 4.78 is 5.79. The molecule has 154 valence electrons. The number of Topliss-reactive ketones (excluding diaryl/α,β-unsaturated/α-hetero) is 1. The lowest BCUT2D eigenvalue weighted by molar-refractivity contribution is -0.117. The minimum atomic E-state index is 0.169. The summed E-state index contributed by atoms with van der Waals surface area (Å²) in [6.07, 6.45) is 3.68. The second-order valence-electron chi connectivity index (χ2n) is 8.07. The number of carbonyl (C=O) groups excluding carboxylic acids is 1. The number of unbranched alkanes of at least 4 members (excludes halogenated alkanes) is 1. The molecule has 1 saturated heterocycles. The number of nitrogen functional groups attached to an aromatic ring is 1. The van der Waals surface area contributed by atoms with Crippen LogP contribution < -0.4 is 15.4 Å². The number of aromatic nitrogens is 1. The largest absolute Gasteiger partial charge is 0.478 e. The van der Waals surface area contributed by atoms with Crippen molar-refractivity contribution in [2.24, 2.45) is 0 Å². The van der Waals surface area contributed by atoms with Crippen molar-refractivity contribution in [3.8, 4) is 5.88 Å². The first-order valence-electron chi connectivity index (χ1n) is 10.6. The van der Waals surface area contributed by atoms with Crippen LogP contribution in [0, 0.1) is 0 Å². The molecule has 3 heterocycles. The van der Waals surface area contributed by atoms with Crippen LogP contribution in [0.15, 0.2) is 30.3 Å². The van der Waals surface area contributed by atoms with Crippen LogP contribution in [-0.2, 0) is 24.3 Å². The van der Waals surface area contributed by atoms with Crippen LogP contribution in [0.3, 0.4) is 0 Å². The Morgan fingerprint density at radius 2 is 1.97 bits per heavy atom. The molecule has 1 aromatic heterocycles. The number of rotatable bonds is 8. The molecule has 29 heavy (non-hydrogen) atoms. The van der Waals surface area contributed by atoms with E-state index in [1.165, 1.54) is 30.6 Å². The Morgan fingerprint density at radius 1 is 1.17 bits per heavy atom. The van der Waals surface area contributed by atoms with Crippen molar-refractivity contribution >= 4 is 17.3 Å². The minimum absolute atomic E-state index is 0.169. The van der Waals surface area contributed by atoms with Crippen LogP contribution in [0.5, 0.6) is 5.88 Å². The van der Waals surface area contributed by atoms with E-state index >= 15 is 0 Å². The molecule has 2 aliphatic heterocycles. The Labute approximate surface area is 172 Å². The SMILES string of the molecule is CCCCOc1cc2c(c(N)n1)CC(=O)CN2Cc1cccc(CN2CCC2)c1. The molecule has 0 radical (unpaired) electrons. The van der Waals surface area contributed by atoms with E-state index in [-0.39, 0.29) is 5.78 Å². The Hall–Kier alpha value is -2.60. The molecule has 2 aliphatic rings. The van der Waals surface area contributed by atoms with Crippen LogP contribution in [0.25, 0.3) is 0 Å². The number of fused-ring (bicyclic) bond motifs is 1. The topological polar surface area (TPSA) is 71.7 Å². The number of hydrogen-bond donors (Lipinski definition) is 1. The summed E-state index contributed by atoms with van der Waals surface area (Å²) in [4.78, 5) is 21.3. The van der Waals surface area contributed by atoms with Crippen molar-refractivity contribution < 1.29 is 9.53 Å². The quantitative estimate of drug-likeness (QED) is 0.694. The zero-order valence-electron chi connectivity index (χ0n) is 17.2. The Morgan fingerprint density at radius 3 is 2.69 bits per heavy atom. The van der Waals surface area contributed by atoms with Gasteiger partial charge in [-0.1, -0.05) is 37.6 Å². The zero-order chi connectivity index (χ0) is 20.2. The number of nitrogens with zero attached hydrogens (tertiary/aromatic N) is 3. The van der Waals surface area contributed by atoms with Gasteiger partial charge in [-0.2, -0.15) is 4.98 Å². The highest BCUT2D eigenvalue weighted by molar-refractivity contribution is 5.92. The lowest BCUT2D eigenvalue weighted by atomic mass is 10.0. The summed E-state index contributed by atoms with van der Waals surface area (Å²) in [6, 6.07) is 10.6. The average molecular weight is 395 g/mol. The van der Waals surface area contributed by atoms with Gasteiger partial charge in [-0.25, -0.2) is 0 Å². The molecule has 0 saturated carbocycles. The molecule has 0 aliphatic carbocycles. The third-order valence-electron chi connectivity index (χ3n) is 5.66. The van der Waals surface area contributed by atoms with Crippen molar-refractivity contribution in [3.63, 3.8) is 0 Å². The van der Waals surface area contributed by atoms with E-state index in [0.29, 0.717) is 37.8 Å². The van der Waals surface area contributed by atoms with Crippen molar-refractivity contribution in [1.29, 1.82) is 0 Å². The van der Waals surface area contributed by atoms with Crippen LogP contribution in [-0.4, -0.2) is 41.9 Å². The monoisotopic (exact) mass is 394 g/mol. The van der Waals surface area contributed by atoms with Gasteiger partial charge in [0.15, 0.2) is 5.78 Å². The van der Waals surface area contributed by atoms with Gasteiger partial charge >= 0.3 is 0 Å². The molecule has 0 bridgehead atoms. The zero-order valence-corrected chi connectivity index (χ0v) is 17.2. The molecule has 1 aromatic carbocycles. The normalized spacial score (nSPS) is 16.4. The number of carbonyl (C=O) groups is 1. The maximum Gasteiger partial charge on any atom is 0.217 e. The standard InChI is InChI=1S/C23H30N4O2/c1-2-3-10-29-22-13-21-20(23(24)25-22)12-19(28)16-27(21)15-18-7-4-6-17(11-18)14-26-8-5-9-26/h4,6-7,11,13H,2-3,5,8-10,12,14-16H2,1H3,(H2,24,25). The number of ketones is 1. The molecule has 4 rings (SSSR count). The highest BCUT2D eigenvalue weighted by Crippen LogP contribution is 2.33. The predicted molar refractivity (Wildman–Crippen MR) is 115 cm³/mol. The molecule has 2 aromatic rings. The number of pyridine rings is 1. The van der Waals surface area contributed by atoms with Gasteiger partial charge in [0, 0.05) is 31.1 Å². The van der Waals surface area contributed by atoms with Gasteiger partial charge in [-0.3, -0.25) is 9.69 Å². The maximum atomic E-state index is 12.4. The van der Waals surface area contributed by atoms with E-state index in [4.69, 9.17) is 10.5 Å². The first-order valence-corrected chi connectivity index (χ1v) is 10.6. The van der Waals surface area contributed by atoms with Crippen molar-refractivity contribution in [2.75, 3.05) is 36.9 Å². The van der Waals surface area contributed by atoms with Gasteiger partial charge in [0.25, 0.3) is 0 Å². The van der Waals surface area contributed by atoms with E-state index in [9.17, 15) is 4.79 Å². The highest BCUT2D eigenvalue weighted by Gasteiger charge is 2.26. The second kappa shape index (κ2) is 8.82. The molecule has 0 unspecified atom stereocenters. The minimum Gasteiger partial charge on any atom is -0.478 e. The van der Waals surface area contributed by atoms with E-state index in [1.54, 1.807) is 0 Å². The Balaban J connectivity index is 1.55. The van der Waals surface area contributed by atoms with Gasteiger partial charge < -0.3 is 15.4 Å². The smallest absolute Gasteiger partial charge is 0.217 e. The fraction of sp³-hybridized carbons (Fsp3) is 0.478. The van der Waals surface area contributed by atoms with Crippen LogP contribution in [0.2, 0.25) is 0 Å². The molecule has 0 atom stereocenters. The van der Waals surface area contributed by atoms with Crippen LogP contribution in [0.1, 0.15) is 42.9 Å². The number of anilines is 2. The summed E-state index contributed by atoms with van der Waals surface area (Å²) in [7, 11) is 0. The van der Waals surface area contributed by atoms with E-state index in [1.807, 2.05) is 6.07 Å². The number of nitrogens with two attached hydrogens (primary N) is 1. The molecular weight excluding hydrogens is 364 g/mol. The van der Waals surface area contributed by atoms with Crippen molar-refractivity contribution in [2.45, 2.75) is 45.7 Å². The maximum absolute atomic E-state index is 12.4. The van der Waals surface area contributed by atoms with Gasteiger partial charge in [0.2, 0.25) is 5.88 Å².